The zero-order valence-electron chi connectivity index (χ0n) is 7.16. The summed E-state index contributed by atoms with van der Waals surface area (Å²) in [6.07, 6.45) is 3.31. The summed E-state index contributed by atoms with van der Waals surface area (Å²) in [4.78, 5) is 10.2. The second-order valence-corrected chi connectivity index (χ2v) is 2.35. The Kier molecular flexibility index (Phi) is 4.47. The Labute approximate surface area is 71.6 Å². The van der Waals surface area contributed by atoms with Crippen LogP contribution in [0.4, 0.5) is 0 Å². The van der Waals surface area contributed by atoms with Crippen molar-refractivity contribution < 1.29 is 9.90 Å². The lowest BCUT2D eigenvalue weighted by Crippen LogP contribution is -1.90. The largest absolute Gasteiger partial charge is 0.478 e. The highest BCUT2D eigenvalue weighted by molar-refractivity contribution is 5.81. The van der Waals surface area contributed by atoms with Crippen LogP contribution in [0.15, 0.2) is 23.3 Å². The van der Waals surface area contributed by atoms with Gasteiger partial charge in [0, 0.05) is 11.6 Å². The lowest BCUT2D eigenvalue weighted by molar-refractivity contribution is -0.131. The summed E-state index contributed by atoms with van der Waals surface area (Å²) in [5.41, 5.74) is 1.17. The molecule has 0 aliphatic heterocycles. The number of rotatable bonds is 3. The van der Waals surface area contributed by atoms with Gasteiger partial charge in [0.2, 0.25) is 0 Å². The number of carboxylic acid groups (broad SMARTS) is 1. The van der Waals surface area contributed by atoms with Crippen molar-refractivity contribution in [2.24, 2.45) is 0 Å². The molecule has 64 valence electrons. The number of hydrogen-bond acceptors (Lipinski definition) is 2. The smallest absolute Gasteiger partial charge is 0.328 e. The molecule has 0 saturated carbocycles. The second-order valence-electron chi connectivity index (χ2n) is 2.35. The topological polar surface area (TPSA) is 61.1 Å². The average Bonchev–Trinajstić information content (AvgIpc) is 2.02. The van der Waals surface area contributed by atoms with E-state index in [1.165, 1.54) is 0 Å². The van der Waals surface area contributed by atoms with Crippen molar-refractivity contribution in [2.45, 2.75) is 20.3 Å². The van der Waals surface area contributed by atoms with Crippen LogP contribution in [-0.2, 0) is 4.79 Å². The molecule has 0 aliphatic carbocycles. The minimum absolute atomic E-state index is 0.518. The fourth-order valence-electron chi connectivity index (χ4n) is 0.715. The lowest BCUT2D eigenvalue weighted by Gasteiger charge is -1.94. The van der Waals surface area contributed by atoms with Crippen LogP contribution in [0, 0.1) is 11.3 Å². The molecule has 3 heteroatoms. The molecule has 0 aromatic carbocycles. The molecule has 0 radical (unpaired) electrons. The predicted octanol–water partition coefficient (Wildman–Crippen LogP) is 1.88. The van der Waals surface area contributed by atoms with Crippen molar-refractivity contribution >= 4 is 5.97 Å². The molecule has 0 spiro atoms. The van der Waals surface area contributed by atoms with Crippen molar-refractivity contribution in [2.75, 3.05) is 0 Å². The van der Waals surface area contributed by atoms with Crippen LogP contribution in [0.2, 0.25) is 0 Å². The van der Waals surface area contributed by atoms with Crippen molar-refractivity contribution in [1.82, 2.24) is 0 Å². The van der Waals surface area contributed by atoms with E-state index in [1.807, 2.05) is 13.0 Å². The van der Waals surface area contributed by atoms with E-state index in [0.717, 1.165) is 6.08 Å². The number of nitriles is 1. The molecule has 0 aliphatic rings. The molecular formula is C9H11NO2. The van der Waals surface area contributed by atoms with Gasteiger partial charge in [-0.05, 0) is 25.0 Å². The third-order valence-electron chi connectivity index (χ3n) is 1.30. The second kappa shape index (κ2) is 5.14. The number of aliphatic carboxylic acids is 1. The number of carboxylic acids is 1. The Hall–Kier alpha value is -1.56. The first-order chi connectivity index (χ1) is 5.60. The van der Waals surface area contributed by atoms with Crippen LogP contribution < -0.4 is 0 Å². The van der Waals surface area contributed by atoms with E-state index >= 15 is 0 Å². The maximum absolute atomic E-state index is 10.2. The fourth-order valence-corrected chi connectivity index (χ4v) is 0.715. The standard InChI is InChI=1S/C9H11NO2/c1-3-8(5-9(11)12)4-7(2)6-10/h4-5H,3H2,1-2H3,(H,11,12)/b7-4+,8-5-. The summed E-state index contributed by atoms with van der Waals surface area (Å²) in [7, 11) is 0. The van der Waals surface area contributed by atoms with E-state index in [0.29, 0.717) is 17.6 Å². The zero-order valence-corrected chi connectivity index (χ0v) is 7.16. The first kappa shape index (κ1) is 10.4. The highest BCUT2D eigenvalue weighted by Gasteiger charge is 1.95. The van der Waals surface area contributed by atoms with Gasteiger partial charge in [-0.15, -0.1) is 0 Å². The molecule has 0 aromatic rings. The summed E-state index contributed by atoms with van der Waals surface area (Å²) in [6.45, 7) is 3.49. The molecule has 0 amide bonds. The first-order valence-corrected chi connectivity index (χ1v) is 3.62. The summed E-state index contributed by atoms with van der Waals surface area (Å²) < 4.78 is 0. The molecule has 0 unspecified atom stereocenters. The molecule has 0 rings (SSSR count). The molecule has 1 N–H and O–H groups in total. The highest BCUT2D eigenvalue weighted by atomic mass is 16.4. The molecule has 0 atom stereocenters. The number of hydrogen-bond donors (Lipinski definition) is 1. The average molecular weight is 165 g/mol. The number of nitrogens with zero attached hydrogens (tertiary/aromatic N) is 1. The molecule has 0 saturated heterocycles. The third kappa shape index (κ3) is 4.29. The first-order valence-electron chi connectivity index (χ1n) is 3.62. The number of carbonyl (C=O) groups is 1. The summed E-state index contributed by atoms with van der Waals surface area (Å²) in [5.74, 6) is -0.978. The molecule has 3 nitrogen and oxygen atoms in total. The summed E-state index contributed by atoms with van der Waals surface area (Å²) in [5, 5.41) is 16.8. The SMILES string of the molecule is CCC(=C/C(=O)O)/C=C(\C)C#N. The monoisotopic (exact) mass is 165 g/mol. The van der Waals surface area contributed by atoms with E-state index in [-0.39, 0.29) is 0 Å². The van der Waals surface area contributed by atoms with Crippen LogP contribution in [0.3, 0.4) is 0 Å². The maximum Gasteiger partial charge on any atom is 0.328 e. The minimum Gasteiger partial charge on any atom is -0.478 e. The summed E-state index contributed by atoms with van der Waals surface area (Å²) >= 11 is 0. The van der Waals surface area contributed by atoms with E-state index in [9.17, 15) is 4.79 Å². The van der Waals surface area contributed by atoms with Gasteiger partial charge in [-0.2, -0.15) is 5.26 Å². The van der Waals surface area contributed by atoms with Crippen molar-refractivity contribution in [3.8, 4) is 6.07 Å². The van der Waals surface area contributed by atoms with Crippen LogP contribution in [0.5, 0.6) is 0 Å². The van der Waals surface area contributed by atoms with Crippen molar-refractivity contribution in [3.05, 3.63) is 23.3 Å². The maximum atomic E-state index is 10.2. The molecule has 12 heavy (non-hydrogen) atoms. The number of allylic oxidation sites excluding steroid dienone is 3. The van der Waals surface area contributed by atoms with Gasteiger partial charge in [-0.1, -0.05) is 6.92 Å². The normalized spacial score (nSPS) is 12.4. The van der Waals surface area contributed by atoms with E-state index in [4.69, 9.17) is 10.4 Å². The molecule has 0 bridgehead atoms. The van der Waals surface area contributed by atoms with Gasteiger partial charge in [0.1, 0.15) is 0 Å². The molecule has 0 fully saturated rings. The Morgan fingerprint density at radius 3 is 2.50 bits per heavy atom. The predicted molar refractivity (Wildman–Crippen MR) is 45.4 cm³/mol. The Balaban J connectivity index is 4.61. The van der Waals surface area contributed by atoms with E-state index in [2.05, 4.69) is 0 Å². The van der Waals surface area contributed by atoms with Gasteiger partial charge >= 0.3 is 5.97 Å². The molecule has 0 heterocycles. The van der Waals surface area contributed by atoms with Crippen LogP contribution in [0.1, 0.15) is 20.3 Å². The Morgan fingerprint density at radius 1 is 1.58 bits per heavy atom. The van der Waals surface area contributed by atoms with Gasteiger partial charge in [0.15, 0.2) is 0 Å². The fraction of sp³-hybridized carbons (Fsp3) is 0.333. The summed E-state index contributed by atoms with van der Waals surface area (Å²) in [6, 6.07) is 1.93. The highest BCUT2D eigenvalue weighted by Crippen LogP contribution is 2.05. The van der Waals surface area contributed by atoms with E-state index in [1.54, 1.807) is 13.0 Å². The van der Waals surface area contributed by atoms with Crippen LogP contribution in [0.25, 0.3) is 0 Å². The van der Waals surface area contributed by atoms with Gasteiger partial charge in [-0.25, -0.2) is 4.79 Å². The van der Waals surface area contributed by atoms with Gasteiger partial charge in [0.25, 0.3) is 0 Å². The Morgan fingerprint density at radius 2 is 2.17 bits per heavy atom. The lowest BCUT2D eigenvalue weighted by atomic mass is 10.1. The quantitative estimate of drug-likeness (QED) is 0.394. The van der Waals surface area contributed by atoms with Crippen molar-refractivity contribution in [1.29, 1.82) is 5.26 Å². The minimum atomic E-state index is -0.978. The van der Waals surface area contributed by atoms with Crippen molar-refractivity contribution in [3.63, 3.8) is 0 Å². The van der Waals surface area contributed by atoms with Crippen LogP contribution >= 0.6 is 0 Å². The molecule has 0 aromatic heterocycles. The third-order valence-corrected chi connectivity index (χ3v) is 1.30. The van der Waals surface area contributed by atoms with Crippen LogP contribution in [-0.4, -0.2) is 11.1 Å². The zero-order chi connectivity index (χ0) is 9.56. The van der Waals surface area contributed by atoms with E-state index < -0.39 is 5.97 Å². The molecular weight excluding hydrogens is 154 g/mol. The van der Waals surface area contributed by atoms with Gasteiger partial charge in [-0.3, -0.25) is 0 Å². The van der Waals surface area contributed by atoms with Gasteiger partial charge in [0.05, 0.1) is 6.07 Å². The van der Waals surface area contributed by atoms with Gasteiger partial charge < -0.3 is 5.11 Å². The Bertz CT molecular complexity index is 269.